The molecule has 0 spiro atoms. The van der Waals surface area contributed by atoms with Crippen LogP contribution in [0.1, 0.15) is 6.92 Å². The molecule has 132 valence electrons. The Bertz CT molecular complexity index is 796. The second kappa shape index (κ2) is 8.09. The van der Waals surface area contributed by atoms with Gasteiger partial charge in [-0.2, -0.15) is 0 Å². The van der Waals surface area contributed by atoms with Gasteiger partial charge in [-0.05, 0) is 30.3 Å². The zero-order chi connectivity index (χ0) is 18.4. The molecule has 0 heterocycles. The lowest BCUT2D eigenvalue weighted by molar-refractivity contribution is -0.118. The number of nitrogens with one attached hydrogen (secondary N) is 2. The van der Waals surface area contributed by atoms with E-state index in [-0.39, 0.29) is 11.7 Å². The molecular weight excluding hydrogens is 334 g/mol. The molecule has 2 amide bonds. The summed E-state index contributed by atoms with van der Waals surface area (Å²) in [6, 6.07) is 7.47. The molecule has 6 nitrogen and oxygen atoms in total. The third kappa shape index (κ3) is 5.17. The van der Waals surface area contributed by atoms with Crippen molar-refractivity contribution in [2.45, 2.75) is 6.92 Å². The smallest absolute Gasteiger partial charge is 0.262 e. The van der Waals surface area contributed by atoms with Crippen LogP contribution in [0.2, 0.25) is 0 Å². The number of ether oxygens (including phenoxy) is 2. The van der Waals surface area contributed by atoms with Gasteiger partial charge in [0.25, 0.3) is 5.91 Å². The summed E-state index contributed by atoms with van der Waals surface area (Å²) in [5.74, 6) is -2.36. The van der Waals surface area contributed by atoms with Crippen LogP contribution in [0.25, 0.3) is 0 Å². The number of benzene rings is 2. The standard InChI is InChI=1S/C17H16F2N2O4/c1-10(22)20-12-4-6-16(24-2)14(8-12)21-17(23)9-25-15-5-3-11(18)7-13(15)19/h3-8H,9H2,1-2H3,(H,20,22)(H,21,23). The van der Waals surface area contributed by atoms with E-state index in [1.165, 1.54) is 20.1 Å². The molecular formula is C17H16F2N2O4. The first-order chi connectivity index (χ1) is 11.9. The Morgan fingerprint density at radius 3 is 2.40 bits per heavy atom. The number of rotatable bonds is 6. The average Bonchev–Trinajstić information content (AvgIpc) is 2.54. The third-order valence-corrected chi connectivity index (χ3v) is 3.05. The van der Waals surface area contributed by atoms with Crippen LogP contribution in [-0.2, 0) is 9.59 Å². The maximum Gasteiger partial charge on any atom is 0.262 e. The Kier molecular flexibility index (Phi) is 5.89. The SMILES string of the molecule is COc1ccc(NC(C)=O)cc1NC(=O)COc1ccc(F)cc1F. The highest BCUT2D eigenvalue weighted by Crippen LogP contribution is 2.28. The summed E-state index contributed by atoms with van der Waals surface area (Å²) >= 11 is 0. The highest BCUT2D eigenvalue weighted by atomic mass is 19.1. The van der Waals surface area contributed by atoms with Crippen LogP contribution in [0.5, 0.6) is 11.5 Å². The molecule has 0 aliphatic rings. The van der Waals surface area contributed by atoms with Crippen LogP contribution in [0, 0.1) is 11.6 Å². The third-order valence-electron chi connectivity index (χ3n) is 3.05. The molecule has 2 rings (SSSR count). The van der Waals surface area contributed by atoms with E-state index in [4.69, 9.17) is 9.47 Å². The summed E-state index contributed by atoms with van der Waals surface area (Å²) in [5, 5.41) is 5.12. The second-order valence-corrected chi connectivity index (χ2v) is 5.01. The van der Waals surface area contributed by atoms with E-state index >= 15 is 0 Å². The minimum atomic E-state index is -0.905. The lowest BCUT2D eigenvalue weighted by Gasteiger charge is -2.13. The van der Waals surface area contributed by atoms with E-state index < -0.39 is 24.1 Å². The molecule has 8 heteroatoms. The lowest BCUT2D eigenvalue weighted by Crippen LogP contribution is -2.21. The molecule has 2 aromatic carbocycles. The molecule has 0 fully saturated rings. The van der Waals surface area contributed by atoms with E-state index in [1.807, 2.05) is 0 Å². The van der Waals surface area contributed by atoms with Crippen LogP contribution in [0.3, 0.4) is 0 Å². The van der Waals surface area contributed by atoms with Crippen LogP contribution in [-0.4, -0.2) is 25.5 Å². The van der Waals surface area contributed by atoms with Gasteiger partial charge < -0.3 is 20.1 Å². The maximum atomic E-state index is 13.5. The normalized spacial score (nSPS) is 10.1. The van der Waals surface area contributed by atoms with Crippen molar-refractivity contribution in [1.29, 1.82) is 0 Å². The molecule has 0 bridgehead atoms. The van der Waals surface area contributed by atoms with Gasteiger partial charge in [0.05, 0.1) is 12.8 Å². The Balaban J connectivity index is 2.04. The Morgan fingerprint density at radius 1 is 1.04 bits per heavy atom. The number of carbonyl (C=O) groups is 2. The number of methoxy groups -OCH3 is 1. The van der Waals surface area contributed by atoms with E-state index in [1.54, 1.807) is 12.1 Å². The summed E-state index contributed by atoms with van der Waals surface area (Å²) in [6.07, 6.45) is 0. The van der Waals surface area contributed by atoms with Crippen molar-refractivity contribution in [3.05, 3.63) is 48.0 Å². The lowest BCUT2D eigenvalue weighted by atomic mass is 10.2. The fraction of sp³-hybridized carbons (Fsp3) is 0.176. The van der Waals surface area contributed by atoms with Crippen LogP contribution >= 0.6 is 0 Å². The van der Waals surface area contributed by atoms with Gasteiger partial charge >= 0.3 is 0 Å². The molecule has 0 aliphatic heterocycles. The molecule has 0 unspecified atom stereocenters. The van der Waals surface area contributed by atoms with Gasteiger partial charge in [0, 0.05) is 18.7 Å². The Morgan fingerprint density at radius 2 is 1.76 bits per heavy atom. The number of hydrogen-bond donors (Lipinski definition) is 2. The molecule has 0 aromatic heterocycles. The minimum Gasteiger partial charge on any atom is -0.495 e. The summed E-state index contributed by atoms with van der Waals surface area (Å²) in [4.78, 5) is 23.1. The number of hydrogen-bond acceptors (Lipinski definition) is 4. The zero-order valence-electron chi connectivity index (χ0n) is 13.6. The van der Waals surface area contributed by atoms with E-state index in [2.05, 4.69) is 10.6 Å². The molecule has 0 saturated heterocycles. The number of amides is 2. The van der Waals surface area contributed by atoms with Crippen molar-refractivity contribution in [2.24, 2.45) is 0 Å². The van der Waals surface area contributed by atoms with Crippen molar-refractivity contribution < 1.29 is 27.8 Å². The molecule has 2 N–H and O–H groups in total. The highest BCUT2D eigenvalue weighted by Gasteiger charge is 2.12. The molecule has 0 saturated carbocycles. The number of carbonyl (C=O) groups excluding carboxylic acids is 2. The van der Waals surface area contributed by atoms with E-state index in [9.17, 15) is 18.4 Å². The summed E-state index contributed by atoms with van der Waals surface area (Å²) in [6.45, 7) is 0.865. The first-order valence-electron chi connectivity index (χ1n) is 7.22. The van der Waals surface area contributed by atoms with Crippen LogP contribution in [0.4, 0.5) is 20.2 Å². The van der Waals surface area contributed by atoms with Crippen molar-refractivity contribution in [3.63, 3.8) is 0 Å². The Hall–Kier alpha value is -3.16. The largest absolute Gasteiger partial charge is 0.495 e. The number of anilines is 2. The predicted octanol–water partition coefficient (Wildman–Crippen LogP) is 2.95. The van der Waals surface area contributed by atoms with Gasteiger partial charge in [0.15, 0.2) is 18.2 Å². The first kappa shape index (κ1) is 18.2. The zero-order valence-corrected chi connectivity index (χ0v) is 13.6. The molecule has 25 heavy (non-hydrogen) atoms. The second-order valence-electron chi connectivity index (χ2n) is 5.01. The van der Waals surface area contributed by atoms with Gasteiger partial charge in [-0.3, -0.25) is 9.59 Å². The quantitative estimate of drug-likeness (QED) is 0.840. The van der Waals surface area contributed by atoms with Crippen molar-refractivity contribution >= 4 is 23.2 Å². The topological polar surface area (TPSA) is 76.7 Å². The highest BCUT2D eigenvalue weighted by molar-refractivity contribution is 5.95. The van der Waals surface area contributed by atoms with Crippen molar-refractivity contribution in [1.82, 2.24) is 0 Å². The average molecular weight is 350 g/mol. The van der Waals surface area contributed by atoms with Crippen molar-refractivity contribution in [3.8, 4) is 11.5 Å². The van der Waals surface area contributed by atoms with Gasteiger partial charge in [-0.25, -0.2) is 8.78 Å². The summed E-state index contributed by atoms with van der Waals surface area (Å²) in [7, 11) is 1.42. The van der Waals surface area contributed by atoms with E-state index in [0.717, 1.165) is 12.1 Å². The fourth-order valence-electron chi connectivity index (χ4n) is 2.01. The minimum absolute atomic E-state index is 0.240. The number of halogens is 2. The van der Waals surface area contributed by atoms with Crippen molar-refractivity contribution in [2.75, 3.05) is 24.4 Å². The van der Waals surface area contributed by atoms with Gasteiger partial charge in [-0.1, -0.05) is 0 Å². The fourth-order valence-corrected chi connectivity index (χ4v) is 2.01. The summed E-state index contributed by atoms with van der Waals surface area (Å²) in [5.41, 5.74) is 0.774. The molecule has 2 aromatic rings. The monoisotopic (exact) mass is 350 g/mol. The maximum absolute atomic E-state index is 13.5. The summed E-state index contributed by atoms with van der Waals surface area (Å²) < 4.78 is 36.5. The molecule has 0 aliphatic carbocycles. The first-order valence-corrected chi connectivity index (χ1v) is 7.22. The molecule has 0 radical (unpaired) electrons. The predicted molar refractivity (Wildman–Crippen MR) is 87.8 cm³/mol. The van der Waals surface area contributed by atoms with Crippen LogP contribution in [0.15, 0.2) is 36.4 Å². The van der Waals surface area contributed by atoms with Gasteiger partial charge in [-0.15, -0.1) is 0 Å². The van der Waals surface area contributed by atoms with E-state index in [0.29, 0.717) is 23.2 Å². The van der Waals surface area contributed by atoms with Gasteiger partial charge in [0.1, 0.15) is 11.6 Å². The van der Waals surface area contributed by atoms with Crippen LogP contribution < -0.4 is 20.1 Å². The van der Waals surface area contributed by atoms with Gasteiger partial charge in [0.2, 0.25) is 5.91 Å². The Labute approximate surface area is 142 Å². The molecule has 0 atom stereocenters.